The minimum atomic E-state index is -0.955. The Labute approximate surface area is 116 Å². The van der Waals surface area contributed by atoms with Crippen molar-refractivity contribution in [2.45, 2.75) is 13.8 Å². The lowest BCUT2D eigenvalue weighted by Crippen LogP contribution is -2.27. The SMILES string of the molecule is CC(C)C(CNc1ccc(C#N)cc1[N+](=O)[O-])C(=O)O. The van der Waals surface area contributed by atoms with Crippen molar-refractivity contribution >= 4 is 17.3 Å². The van der Waals surface area contributed by atoms with Gasteiger partial charge in [0.05, 0.1) is 22.5 Å². The summed E-state index contributed by atoms with van der Waals surface area (Å²) < 4.78 is 0. The first-order valence-electron chi connectivity index (χ1n) is 6.02. The van der Waals surface area contributed by atoms with Gasteiger partial charge in [0.15, 0.2) is 0 Å². The number of carbonyl (C=O) groups is 1. The Morgan fingerprint density at radius 2 is 2.20 bits per heavy atom. The van der Waals surface area contributed by atoms with Gasteiger partial charge in [-0.1, -0.05) is 13.8 Å². The van der Waals surface area contributed by atoms with Crippen molar-refractivity contribution in [1.82, 2.24) is 0 Å². The first-order valence-corrected chi connectivity index (χ1v) is 6.02. The fourth-order valence-electron chi connectivity index (χ4n) is 1.73. The van der Waals surface area contributed by atoms with E-state index in [1.165, 1.54) is 12.1 Å². The third-order valence-corrected chi connectivity index (χ3v) is 2.96. The van der Waals surface area contributed by atoms with Crippen molar-refractivity contribution < 1.29 is 14.8 Å². The van der Waals surface area contributed by atoms with Gasteiger partial charge in [0.1, 0.15) is 5.69 Å². The lowest BCUT2D eigenvalue weighted by Gasteiger charge is -2.17. The Balaban J connectivity index is 2.95. The number of hydrogen-bond acceptors (Lipinski definition) is 5. The van der Waals surface area contributed by atoms with E-state index in [0.717, 1.165) is 6.07 Å². The van der Waals surface area contributed by atoms with Gasteiger partial charge in [-0.05, 0) is 18.1 Å². The van der Waals surface area contributed by atoms with Crippen molar-refractivity contribution in [3.8, 4) is 6.07 Å². The second-order valence-electron chi connectivity index (χ2n) is 4.67. The highest BCUT2D eigenvalue weighted by molar-refractivity contribution is 5.72. The van der Waals surface area contributed by atoms with Crippen LogP contribution >= 0.6 is 0 Å². The van der Waals surface area contributed by atoms with E-state index in [4.69, 9.17) is 10.4 Å². The lowest BCUT2D eigenvalue weighted by molar-refractivity contribution is -0.384. The summed E-state index contributed by atoms with van der Waals surface area (Å²) >= 11 is 0. The van der Waals surface area contributed by atoms with Crippen molar-refractivity contribution in [2.24, 2.45) is 11.8 Å². The van der Waals surface area contributed by atoms with E-state index in [9.17, 15) is 14.9 Å². The molecule has 1 atom stereocenters. The summed E-state index contributed by atoms with van der Waals surface area (Å²) in [6.07, 6.45) is 0. The number of carboxylic acids is 1. The minimum absolute atomic E-state index is 0.0831. The minimum Gasteiger partial charge on any atom is -0.481 e. The summed E-state index contributed by atoms with van der Waals surface area (Å²) in [7, 11) is 0. The molecular weight excluding hydrogens is 262 g/mol. The van der Waals surface area contributed by atoms with Crippen LogP contribution in [0, 0.1) is 33.3 Å². The van der Waals surface area contributed by atoms with Crippen molar-refractivity contribution in [1.29, 1.82) is 5.26 Å². The van der Waals surface area contributed by atoms with Crippen LogP contribution in [0.5, 0.6) is 0 Å². The molecule has 0 saturated carbocycles. The molecule has 1 aromatic rings. The Bertz CT molecular complexity index is 563. The maximum atomic E-state index is 11.1. The van der Waals surface area contributed by atoms with Crippen LogP contribution in [0.2, 0.25) is 0 Å². The highest BCUT2D eigenvalue weighted by atomic mass is 16.6. The van der Waals surface area contributed by atoms with E-state index in [1.54, 1.807) is 13.8 Å². The molecule has 0 fully saturated rings. The van der Waals surface area contributed by atoms with Crippen LogP contribution in [0.1, 0.15) is 19.4 Å². The van der Waals surface area contributed by atoms with Gasteiger partial charge in [0, 0.05) is 12.6 Å². The van der Waals surface area contributed by atoms with Gasteiger partial charge in [-0.25, -0.2) is 0 Å². The van der Waals surface area contributed by atoms with Crippen LogP contribution in [-0.2, 0) is 4.79 Å². The smallest absolute Gasteiger partial charge is 0.308 e. The Kier molecular flexibility index (Phi) is 5.03. The number of carboxylic acid groups (broad SMARTS) is 1. The van der Waals surface area contributed by atoms with E-state index >= 15 is 0 Å². The van der Waals surface area contributed by atoms with Gasteiger partial charge in [0.25, 0.3) is 5.69 Å². The lowest BCUT2D eigenvalue weighted by atomic mass is 9.96. The molecule has 0 saturated heterocycles. The van der Waals surface area contributed by atoms with E-state index in [2.05, 4.69) is 5.32 Å². The molecule has 0 radical (unpaired) electrons. The van der Waals surface area contributed by atoms with E-state index < -0.39 is 16.8 Å². The fraction of sp³-hybridized carbons (Fsp3) is 0.385. The Hall–Kier alpha value is -2.62. The molecule has 0 amide bonds. The van der Waals surface area contributed by atoms with E-state index in [0.29, 0.717) is 0 Å². The maximum Gasteiger partial charge on any atom is 0.308 e. The van der Waals surface area contributed by atoms with Crippen LogP contribution < -0.4 is 5.32 Å². The summed E-state index contributed by atoms with van der Waals surface area (Å²) in [5.41, 5.74) is 0.152. The zero-order valence-corrected chi connectivity index (χ0v) is 11.2. The average molecular weight is 277 g/mol. The van der Waals surface area contributed by atoms with Gasteiger partial charge < -0.3 is 10.4 Å². The van der Waals surface area contributed by atoms with Crippen LogP contribution in [0.3, 0.4) is 0 Å². The van der Waals surface area contributed by atoms with E-state index in [-0.39, 0.29) is 29.4 Å². The molecule has 7 nitrogen and oxygen atoms in total. The zero-order valence-electron chi connectivity index (χ0n) is 11.2. The Morgan fingerprint density at radius 1 is 1.55 bits per heavy atom. The number of benzene rings is 1. The monoisotopic (exact) mass is 277 g/mol. The molecule has 0 bridgehead atoms. The largest absolute Gasteiger partial charge is 0.481 e. The molecular formula is C13H15N3O4. The molecule has 1 unspecified atom stereocenters. The fourth-order valence-corrected chi connectivity index (χ4v) is 1.73. The predicted molar refractivity (Wildman–Crippen MR) is 72.3 cm³/mol. The molecule has 7 heteroatoms. The molecule has 20 heavy (non-hydrogen) atoms. The standard InChI is InChI=1S/C13H15N3O4/c1-8(2)10(13(17)18)7-15-11-4-3-9(6-14)5-12(11)16(19)20/h3-5,8,10,15H,7H2,1-2H3,(H,17,18). The number of hydrogen-bond donors (Lipinski definition) is 2. The molecule has 2 N–H and O–H groups in total. The van der Waals surface area contributed by atoms with Crippen LogP contribution in [0.15, 0.2) is 18.2 Å². The van der Waals surface area contributed by atoms with Gasteiger partial charge in [-0.3, -0.25) is 14.9 Å². The third kappa shape index (κ3) is 3.68. The number of nitro benzene ring substituents is 1. The number of rotatable bonds is 6. The van der Waals surface area contributed by atoms with Crippen LogP contribution in [-0.4, -0.2) is 22.5 Å². The summed E-state index contributed by atoms with van der Waals surface area (Å²) in [6.45, 7) is 3.63. The normalized spacial score (nSPS) is 11.7. The predicted octanol–water partition coefficient (Wildman–Crippen LogP) is 2.24. The van der Waals surface area contributed by atoms with Crippen molar-refractivity contribution in [2.75, 3.05) is 11.9 Å². The number of nitrogens with one attached hydrogen (secondary N) is 1. The first kappa shape index (κ1) is 15.4. The topological polar surface area (TPSA) is 116 Å². The second-order valence-corrected chi connectivity index (χ2v) is 4.67. The number of nitrogens with zero attached hydrogens (tertiary/aromatic N) is 2. The molecule has 1 aromatic carbocycles. The van der Waals surface area contributed by atoms with Gasteiger partial charge in [0.2, 0.25) is 0 Å². The molecule has 0 heterocycles. The average Bonchev–Trinajstić information content (AvgIpc) is 2.38. The highest BCUT2D eigenvalue weighted by Gasteiger charge is 2.23. The molecule has 0 aromatic heterocycles. The van der Waals surface area contributed by atoms with Crippen LogP contribution in [0.4, 0.5) is 11.4 Å². The molecule has 0 aliphatic rings. The molecule has 0 spiro atoms. The van der Waals surface area contributed by atoms with Gasteiger partial charge in [-0.2, -0.15) is 5.26 Å². The van der Waals surface area contributed by atoms with Crippen LogP contribution in [0.25, 0.3) is 0 Å². The number of aliphatic carboxylic acids is 1. The molecule has 0 aliphatic carbocycles. The van der Waals surface area contributed by atoms with Gasteiger partial charge >= 0.3 is 5.97 Å². The summed E-state index contributed by atoms with van der Waals surface area (Å²) in [5.74, 6) is -1.70. The molecule has 0 aliphatic heterocycles. The third-order valence-electron chi connectivity index (χ3n) is 2.96. The maximum absolute atomic E-state index is 11.1. The quantitative estimate of drug-likeness (QED) is 0.608. The van der Waals surface area contributed by atoms with Gasteiger partial charge in [-0.15, -0.1) is 0 Å². The number of anilines is 1. The second kappa shape index (κ2) is 6.52. The molecule has 106 valence electrons. The summed E-state index contributed by atoms with van der Waals surface area (Å²) in [6, 6.07) is 5.84. The van der Waals surface area contributed by atoms with E-state index in [1.807, 2.05) is 6.07 Å². The first-order chi connectivity index (χ1) is 9.36. The zero-order chi connectivity index (χ0) is 15.3. The summed E-state index contributed by atoms with van der Waals surface area (Å²) in [4.78, 5) is 21.4. The Morgan fingerprint density at radius 3 is 2.65 bits per heavy atom. The highest BCUT2D eigenvalue weighted by Crippen LogP contribution is 2.26. The van der Waals surface area contributed by atoms with Crippen molar-refractivity contribution in [3.05, 3.63) is 33.9 Å². The summed E-state index contributed by atoms with van der Waals surface area (Å²) in [5, 5.41) is 31.5. The van der Waals surface area contributed by atoms with Crippen molar-refractivity contribution in [3.63, 3.8) is 0 Å². The number of nitro groups is 1. The molecule has 1 rings (SSSR count). The number of nitriles is 1.